The fourth-order valence-corrected chi connectivity index (χ4v) is 2.87. The van der Waals surface area contributed by atoms with E-state index in [-0.39, 0.29) is 24.4 Å². The monoisotopic (exact) mass is 316 g/mol. The van der Waals surface area contributed by atoms with Gasteiger partial charge in [-0.25, -0.2) is 0 Å². The van der Waals surface area contributed by atoms with Gasteiger partial charge in [0.15, 0.2) is 0 Å². The van der Waals surface area contributed by atoms with Crippen molar-refractivity contribution in [2.24, 2.45) is 0 Å². The van der Waals surface area contributed by atoms with Crippen molar-refractivity contribution in [3.05, 3.63) is 29.8 Å². The summed E-state index contributed by atoms with van der Waals surface area (Å²) in [6.07, 6.45) is 0. The molecular weight excluding hydrogens is 296 g/mol. The normalized spacial score (nSPS) is 17.4. The summed E-state index contributed by atoms with van der Waals surface area (Å²) in [5.41, 5.74) is 1.12. The van der Waals surface area contributed by atoms with Gasteiger partial charge in [-0.1, -0.05) is 18.2 Å². The minimum absolute atomic E-state index is 0. The highest BCUT2D eigenvalue weighted by atomic mass is 35.5. The van der Waals surface area contributed by atoms with Crippen LogP contribution in [0.3, 0.4) is 0 Å². The third-order valence-electron chi connectivity index (χ3n) is 3.17. The largest absolute Gasteiger partial charge is 0.491 e. The van der Waals surface area contributed by atoms with E-state index in [0.29, 0.717) is 13.2 Å². The number of ether oxygens (including phenoxy) is 1. The number of amides is 1. The van der Waals surface area contributed by atoms with Gasteiger partial charge in [0, 0.05) is 18.7 Å². The van der Waals surface area contributed by atoms with E-state index >= 15 is 0 Å². The zero-order valence-electron chi connectivity index (χ0n) is 11.8. The summed E-state index contributed by atoms with van der Waals surface area (Å²) < 4.78 is 5.70. The third-order valence-corrected chi connectivity index (χ3v) is 4.11. The number of hydrogen-bond acceptors (Lipinski definition) is 4. The number of carbonyl (C=O) groups excluding carboxylic acids is 1. The average molecular weight is 317 g/mol. The Labute approximate surface area is 130 Å². The molecular formula is C14H21ClN2O2S. The quantitative estimate of drug-likeness (QED) is 0.901. The first kappa shape index (κ1) is 17.1. The number of nitrogens with one attached hydrogen (secondary N) is 1. The highest BCUT2D eigenvalue weighted by Gasteiger charge is 2.25. The lowest BCUT2D eigenvalue weighted by Gasteiger charge is -2.21. The lowest BCUT2D eigenvalue weighted by molar-refractivity contribution is -0.131. The second kappa shape index (κ2) is 8.39. The molecule has 2 rings (SSSR count). The van der Waals surface area contributed by atoms with Crippen LogP contribution >= 0.6 is 24.2 Å². The van der Waals surface area contributed by atoms with Gasteiger partial charge in [0.1, 0.15) is 12.4 Å². The predicted octanol–water partition coefficient (Wildman–Crippen LogP) is 1.92. The molecule has 1 aliphatic rings. The van der Waals surface area contributed by atoms with Crippen molar-refractivity contribution in [1.82, 2.24) is 10.2 Å². The van der Waals surface area contributed by atoms with Crippen molar-refractivity contribution in [3.63, 3.8) is 0 Å². The van der Waals surface area contributed by atoms with E-state index in [4.69, 9.17) is 4.74 Å². The summed E-state index contributed by atoms with van der Waals surface area (Å²) >= 11 is 1.76. The van der Waals surface area contributed by atoms with Crippen LogP contribution in [0.25, 0.3) is 0 Å². The van der Waals surface area contributed by atoms with Crippen LogP contribution in [0.4, 0.5) is 0 Å². The SMILES string of the molecule is Cc1ccccc1OCCN(C)C(=O)C1CSCN1.Cl. The van der Waals surface area contributed by atoms with Crippen molar-refractivity contribution in [2.75, 3.05) is 31.8 Å². The van der Waals surface area contributed by atoms with Gasteiger partial charge in [-0.3, -0.25) is 10.1 Å². The molecule has 112 valence electrons. The van der Waals surface area contributed by atoms with Crippen LogP contribution < -0.4 is 10.1 Å². The van der Waals surface area contributed by atoms with Crippen LogP contribution in [0, 0.1) is 6.92 Å². The molecule has 0 aromatic heterocycles. The number of likely N-dealkylation sites (N-methyl/N-ethyl adjacent to an activating group) is 1. The lowest BCUT2D eigenvalue weighted by atomic mass is 10.2. The van der Waals surface area contributed by atoms with Crippen LogP contribution in [-0.4, -0.2) is 48.7 Å². The number of nitrogens with zero attached hydrogens (tertiary/aromatic N) is 1. The molecule has 20 heavy (non-hydrogen) atoms. The third kappa shape index (κ3) is 4.58. The standard InChI is InChI=1S/C14H20N2O2S.ClH/c1-11-5-3-4-6-13(11)18-8-7-16(2)14(17)12-9-19-10-15-12;/h3-6,12,15H,7-10H2,1-2H3;1H. The second-order valence-electron chi connectivity index (χ2n) is 4.65. The Morgan fingerprint density at radius 3 is 2.90 bits per heavy atom. The smallest absolute Gasteiger partial charge is 0.240 e. The molecule has 0 saturated carbocycles. The van der Waals surface area contributed by atoms with E-state index in [1.165, 1.54) is 0 Å². The van der Waals surface area contributed by atoms with Crippen LogP contribution in [0.1, 0.15) is 5.56 Å². The summed E-state index contributed by atoms with van der Waals surface area (Å²) in [4.78, 5) is 13.8. The van der Waals surface area contributed by atoms with Gasteiger partial charge >= 0.3 is 0 Å². The highest BCUT2D eigenvalue weighted by Crippen LogP contribution is 2.16. The number of rotatable bonds is 5. The molecule has 1 fully saturated rings. The summed E-state index contributed by atoms with van der Waals surface area (Å²) in [7, 11) is 1.83. The predicted molar refractivity (Wildman–Crippen MR) is 85.8 cm³/mol. The van der Waals surface area contributed by atoms with Gasteiger partial charge in [0.05, 0.1) is 12.6 Å². The maximum Gasteiger partial charge on any atom is 0.240 e. The van der Waals surface area contributed by atoms with Crippen molar-refractivity contribution in [3.8, 4) is 5.75 Å². The average Bonchev–Trinajstić information content (AvgIpc) is 2.94. The van der Waals surface area contributed by atoms with Crippen molar-refractivity contribution >= 4 is 30.1 Å². The number of halogens is 1. The van der Waals surface area contributed by atoms with Crippen LogP contribution in [0.5, 0.6) is 5.75 Å². The van der Waals surface area contributed by atoms with Gasteiger partial charge in [-0.05, 0) is 18.6 Å². The molecule has 1 aromatic rings. The molecule has 0 radical (unpaired) electrons. The Morgan fingerprint density at radius 1 is 1.50 bits per heavy atom. The van der Waals surface area contributed by atoms with E-state index in [0.717, 1.165) is 22.9 Å². The minimum atomic E-state index is -0.0338. The Balaban J connectivity index is 0.00000200. The van der Waals surface area contributed by atoms with Gasteiger partial charge in [-0.15, -0.1) is 24.2 Å². The summed E-state index contributed by atoms with van der Waals surface area (Å²) in [5.74, 6) is 2.77. The van der Waals surface area contributed by atoms with Crippen molar-refractivity contribution in [2.45, 2.75) is 13.0 Å². The van der Waals surface area contributed by atoms with E-state index in [1.807, 2.05) is 38.2 Å². The molecule has 0 bridgehead atoms. The Morgan fingerprint density at radius 2 is 2.25 bits per heavy atom. The number of para-hydroxylation sites is 1. The molecule has 6 heteroatoms. The van der Waals surface area contributed by atoms with E-state index in [1.54, 1.807) is 16.7 Å². The lowest BCUT2D eigenvalue weighted by Crippen LogP contribution is -2.44. The van der Waals surface area contributed by atoms with Crippen molar-refractivity contribution < 1.29 is 9.53 Å². The zero-order chi connectivity index (χ0) is 13.7. The molecule has 1 atom stereocenters. The van der Waals surface area contributed by atoms with Crippen molar-refractivity contribution in [1.29, 1.82) is 0 Å². The van der Waals surface area contributed by atoms with Gasteiger partial charge in [0.25, 0.3) is 0 Å². The molecule has 1 saturated heterocycles. The molecule has 1 unspecified atom stereocenters. The van der Waals surface area contributed by atoms with Crippen LogP contribution in [0.15, 0.2) is 24.3 Å². The number of carbonyl (C=O) groups is 1. The highest BCUT2D eigenvalue weighted by molar-refractivity contribution is 7.99. The minimum Gasteiger partial charge on any atom is -0.491 e. The fourth-order valence-electron chi connectivity index (χ4n) is 1.94. The van der Waals surface area contributed by atoms with Gasteiger partial charge in [-0.2, -0.15) is 0 Å². The molecule has 1 aromatic carbocycles. The van der Waals surface area contributed by atoms with E-state index < -0.39 is 0 Å². The fraction of sp³-hybridized carbons (Fsp3) is 0.500. The Bertz CT molecular complexity index is 439. The molecule has 0 spiro atoms. The van der Waals surface area contributed by atoms with Crippen LogP contribution in [-0.2, 0) is 4.79 Å². The zero-order valence-corrected chi connectivity index (χ0v) is 13.4. The van der Waals surface area contributed by atoms with E-state index in [9.17, 15) is 4.79 Å². The molecule has 1 heterocycles. The van der Waals surface area contributed by atoms with E-state index in [2.05, 4.69) is 5.32 Å². The first-order valence-electron chi connectivity index (χ1n) is 6.43. The number of thioether (sulfide) groups is 1. The van der Waals surface area contributed by atoms with Crippen LogP contribution in [0.2, 0.25) is 0 Å². The first-order chi connectivity index (χ1) is 9.18. The Hall–Kier alpha value is -0.910. The summed E-state index contributed by atoms with van der Waals surface area (Å²) in [6.45, 7) is 3.15. The van der Waals surface area contributed by atoms with Gasteiger partial charge in [0.2, 0.25) is 5.91 Å². The first-order valence-corrected chi connectivity index (χ1v) is 7.58. The Kier molecular flexibility index (Phi) is 7.19. The molecule has 1 amide bonds. The molecule has 1 aliphatic heterocycles. The molecule has 1 N–H and O–H groups in total. The number of hydrogen-bond donors (Lipinski definition) is 1. The number of aryl methyl sites for hydroxylation is 1. The molecule has 4 nitrogen and oxygen atoms in total. The topological polar surface area (TPSA) is 41.6 Å². The molecule has 0 aliphatic carbocycles. The van der Waals surface area contributed by atoms with Gasteiger partial charge < -0.3 is 9.64 Å². The maximum atomic E-state index is 12.0. The second-order valence-corrected chi connectivity index (χ2v) is 5.68. The summed E-state index contributed by atoms with van der Waals surface area (Å²) in [5, 5.41) is 3.19. The number of benzene rings is 1. The summed E-state index contributed by atoms with van der Waals surface area (Å²) in [6, 6.07) is 7.88. The maximum absolute atomic E-state index is 12.0.